The van der Waals surface area contributed by atoms with E-state index in [2.05, 4.69) is 20.4 Å². The van der Waals surface area contributed by atoms with Gasteiger partial charge in [-0.05, 0) is 24.5 Å². The van der Waals surface area contributed by atoms with Crippen molar-refractivity contribution in [3.05, 3.63) is 69.9 Å². The lowest BCUT2D eigenvalue weighted by Crippen LogP contribution is -2.44. The molecule has 0 atom stereocenters. The van der Waals surface area contributed by atoms with Gasteiger partial charge in [0.2, 0.25) is 0 Å². The second-order valence-electron chi connectivity index (χ2n) is 9.03. The largest absolute Gasteiger partial charge is 0.511 e. The van der Waals surface area contributed by atoms with Gasteiger partial charge in [-0.3, -0.25) is 9.20 Å². The molecule has 0 bridgehead atoms. The zero-order chi connectivity index (χ0) is 28.1. The molecule has 0 saturated carbocycles. The Hall–Kier alpha value is -3.49. The normalized spacial score (nSPS) is 14.5. The maximum Gasteiger partial charge on any atom is 0.511 e. The van der Waals surface area contributed by atoms with Crippen LogP contribution in [0.15, 0.2) is 36.5 Å². The lowest BCUT2D eigenvalue weighted by Gasteiger charge is -2.26. The minimum Gasteiger partial charge on any atom is -0.347 e. The van der Waals surface area contributed by atoms with E-state index in [1.54, 1.807) is 40.9 Å². The highest BCUT2D eigenvalue weighted by Crippen LogP contribution is 2.30. The van der Waals surface area contributed by atoms with Crippen LogP contribution in [0.3, 0.4) is 0 Å². The number of fused-ring (bicyclic) bond motifs is 2. The Morgan fingerprint density at radius 2 is 1.87 bits per heavy atom. The summed E-state index contributed by atoms with van der Waals surface area (Å²) in [4.78, 5) is 21.9. The number of aromatic nitrogens is 5. The average molecular weight is 582 g/mol. The first-order valence-corrected chi connectivity index (χ1v) is 13.8. The fraction of sp³-hybridized carbons (Fsp3) is 0.333. The Labute approximate surface area is 226 Å². The number of alkyl halides is 3. The maximum atomic E-state index is 13.1. The van der Waals surface area contributed by atoms with E-state index in [1.165, 1.54) is 4.68 Å². The maximum absolute atomic E-state index is 13.1. The minimum atomic E-state index is -5.45. The number of halogens is 4. The number of pyridine rings is 1. The molecular weight excluding hydrogens is 559 g/mol. The highest BCUT2D eigenvalue weighted by molar-refractivity contribution is 7.89. The molecule has 206 valence electrons. The van der Waals surface area contributed by atoms with Gasteiger partial charge in [-0.2, -0.15) is 22.6 Å². The molecule has 3 aromatic heterocycles. The summed E-state index contributed by atoms with van der Waals surface area (Å²) in [5.41, 5.74) is -1.48. The van der Waals surface area contributed by atoms with E-state index in [0.717, 1.165) is 11.1 Å². The molecule has 0 fully saturated rings. The molecule has 4 heterocycles. The van der Waals surface area contributed by atoms with Gasteiger partial charge < -0.3 is 5.32 Å². The molecule has 1 aliphatic rings. The SMILES string of the molecule is CCc1nc2cc(Cl)c(C)cn2c1C(=O)NCc1ccc(-c2nc3n(n2)CCN(S(=O)(=O)C(F)(F)F)C3)cc1. The molecule has 0 radical (unpaired) electrons. The van der Waals surface area contributed by atoms with Gasteiger partial charge >= 0.3 is 15.5 Å². The van der Waals surface area contributed by atoms with Crippen molar-refractivity contribution in [2.24, 2.45) is 0 Å². The van der Waals surface area contributed by atoms with Crippen LogP contribution in [0.25, 0.3) is 17.0 Å². The fourth-order valence-corrected chi connectivity index (χ4v) is 5.37. The molecule has 0 unspecified atom stereocenters. The zero-order valence-corrected chi connectivity index (χ0v) is 22.4. The van der Waals surface area contributed by atoms with Crippen LogP contribution >= 0.6 is 11.6 Å². The van der Waals surface area contributed by atoms with Gasteiger partial charge in [0.25, 0.3) is 5.91 Å². The van der Waals surface area contributed by atoms with Crippen LogP contribution in [-0.4, -0.2) is 54.8 Å². The summed E-state index contributed by atoms with van der Waals surface area (Å²) in [6.45, 7) is 3.08. The third-order valence-electron chi connectivity index (χ3n) is 6.44. The van der Waals surface area contributed by atoms with Gasteiger partial charge in [-0.1, -0.05) is 42.8 Å². The summed E-state index contributed by atoms with van der Waals surface area (Å²) >= 11 is 6.21. The third kappa shape index (κ3) is 4.99. The first-order valence-electron chi connectivity index (χ1n) is 11.9. The molecule has 10 nitrogen and oxygen atoms in total. The number of imidazole rings is 1. The summed E-state index contributed by atoms with van der Waals surface area (Å²) < 4.78 is 65.8. The summed E-state index contributed by atoms with van der Waals surface area (Å²) in [5, 5.41) is 7.79. The zero-order valence-electron chi connectivity index (χ0n) is 20.8. The summed E-state index contributed by atoms with van der Waals surface area (Å²) in [7, 11) is -5.45. The molecule has 1 N–H and O–H groups in total. The van der Waals surface area contributed by atoms with E-state index in [0.29, 0.717) is 38.3 Å². The van der Waals surface area contributed by atoms with Crippen LogP contribution < -0.4 is 5.32 Å². The van der Waals surface area contributed by atoms with E-state index < -0.39 is 22.1 Å². The molecule has 5 rings (SSSR count). The number of carbonyl (C=O) groups is 1. The van der Waals surface area contributed by atoms with Crippen LogP contribution in [-0.2, 0) is 36.1 Å². The summed E-state index contributed by atoms with van der Waals surface area (Å²) in [5.74, 6) is 0.0999. The van der Waals surface area contributed by atoms with E-state index in [4.69, 9.17) is 11.6 Å². The number of sulfonamides is 1. The van der Waals surface area contributed by atoms with Crippen molar-refractivity contribution < 1.29 is 26.4 Å². The molecule has 15 heteroatoms. The average Bonchev–Trinajstić information content (AvgIpc) is 3.48. The van der Waals surface area contributed by atoms with Crippen molar-refractivity contribution in [2.75, 3.05) is 6.54 Å². The lowest BCUT2D eigenvalue weighted by atomic mass is 10.1. The number of nitrogens with zero attached hydrogens (tertiary/aromatic N) is 6. The van der Waals surface area contributed by atoms with Crippen molar-refractivity contribution in [1.29, 1.82) is 0 Å². The standard InChI is InChI=1S/C24H23ClF3N7O3S/c1-3-18-21(34-12-14(2)17(25)10-19(34)30-18)23(36)29-11-15-4-6-16(7-5-15)22-31-20-13-33(8-9-35(20)32-22)39(37,38)24(26,27)28/h4-7,10,12H,3,8-9,11,13H2,1-2H3,(H,29,36). The van der Waals surface area contributed by atoms with Crippen molar-refractivity contribution in [1.82, 2.24) is 33.8 Å². The number of carbonyl (C=O) groups excluding carboxylic acids is 1. The van der Waals surface area contributed by atoms with Gasteiger partial charge in [0.1, 0.15) is 17.2 Å². The van der Waals surface area contributed by atoms with E-state index in [-0.39, 0.29) is 37.2 Å². The first kappa shape index (κ1) is 27.1. The Bertz CT molecular complexity index is 1680. The highest BCUT2D eigenvalue weighted by atomic mass is 35.5. The molecule has 4 aromatic rings. The second kappa shape index (κ2) is 9.92. The van der Waals surface area contributed by atoms with Crippen LogP contribution in [0.1, 0.15) is 40.1 Å². The Morgan fingerprint density at radius 3 is 2.54 bits per heavy atom. The molecule has 0 spiro atoms. The molecule has 1 amide bonds. The Kier molecular flexibility index (Phi) is 6.89. The van der Waals surface area contributed by atoms with Crippen LogP contribution in [0.4, 0.5) is 13.2 Å². The molecular formula is C24H23ClF3N7O3S. The predicted molar refractivity (Wildman–Crippen MR) is 136 cm³/mol. The minimum absolute atomic E-state index is 0.0451. The quantitative estimate of drug-likeness (QED) is 0.371. The van der Waals surface area contributed by atoms with Crippen LogP contribution in [0.5, 0.6) is 0 Å². The molecule has 0 aliphatic carbocycles. The number of hydrogen-bond donors (Lipinski definition) is 1. The van der Waals surface area contributed by atoms with E-state index in [9.17, 15) is 26.4 Å². The van der Waals surface area contributed by atoms with Gasteiger partial charge in [-0.25, -0.2) is 23.1 Å². The lowest BCUT2D eigenvalue weighted by molar-refractivity contribution is -0.0496. The number of benzene rings is 1. The monoisotopic (exact) mass is 581 g/mol. The third-order valence-corrected chi connectivity index (χ3v) is 8.42. The highest BCUT2D eigenvalue weighted by Gasteiger charge is 2.50. The van der Waals surface area contributed by atoms with Gasteiger partial charge in [-0.15, -0.1) is 0 Å². The number of amides is 1. The molecule has 39 heavy (non-hydrogen) atoms. The number of aryl methyl sites for hydroxylation is 2. The van der Waals surface area contributed by atoms with Crippen LogP contribution in [0.2, 0.25) is 5.02 Å². The van der Waals surface area contributed by atoms with E-state index >= 15 is 0 Å². The predicted octanol–water partition coefficient (Wildman–Crippen LogP) is 3.71. The number of nitrogens with one attached hydrogen (secondary N) is 1. The van der Waals surface area contributed by atoms with Crippen LogP contribution in [0, 0.1) is 6.92 Å². The van der Waals surface area contributed by atoms with Gasteiger partial charge in [0.15, 0.2) is 5.82 Å². The second-order valence-corrected chi connectivity index (χ2v) is 11.4. The number of rotatable bonds is 6. The van der Waals surface area contributed by atoms with Crippen molar-refractivity contribution >= 4 is 33.2 Å². The topological polar surface area (TPSA) is 114 Å². The summed E-state index contributed by atoms with van der Waals surface area (Å²) in [6, 6.07) is 8.72. The summed E-state index contributed by atoms with van der Waals surface area (Å²) in [6.07, 6.45) is 2.35. The Morgan fingerprint density at radius 1 is 1.15 bits per heavy atom. The molecule has 1 aromatic carbocycles. The van der Waals surface area contributed by atoms with E-state index in [1.807, 2.05) is 13.8 Å². The molecule has 0 saturated heterocycles. The van der Waals surface area contributed by atoms with Crippen molar-refractivity contribution in [2.45, 2.75) is 45.4 Å². The van der Waals surface area contributed by atoms with Crippen molar-refractivity contribution in [3.8, 4) is 11.4 Å². The number of hydrogen-bond acceptors (Lipinski definition) is 6. The Balaban J connectivity index is 1.29. The van der Waals surface area contributed by atoms with Gasteiger partial charge in [0.05, 0.1) is 18.8 Å². The first-order chi connectivity index (χ1) is 18.4. The molecule has 1 aliphatic heterocycles. The smallest absolute Gasteiger partial charge is 0.347 e. The van der Waals surface area contributed by atoms with Crippen molar-refractivity contribution in [3.63, 3.8) is 0 Å². The van der Waals surface area contributed by atoms with Gasteiger partial charge in [0, 0.05) is 35.9 Å². The fourth-order valence-electron chi connectivity index (χ4n) is 4.33.